The zero-order valence-electron chi connectivity index (χ0n) is 18.2. The summed E-state index contributed by atoms with van der Waals surface area (Å²) >= 11 is 0. The van der Waals surface area contributed by atoms with Crippen molar-refractivity contribution in [2.75, 3.05) is 22.7 Å². The van der Waals surface area contributed by atoms with Crippen molar-refractivity contribution in [1.29, 1.82) is 0 Å². The molecule has 1 aliphatic rings. The first-order valence-corrected chi connectivity index (χ1v) is 12.2. The summed E-state index contributed by atoms with van der Waals surface area (Å²) in [6.07, 6.45) is 0.866. The Morgan fingerprint density at radius 3 is 2.19 bits per heavy atom. The van der Waals surface area contributed by atoms with E-state index in [4.69, 9.17) is 0 Å². The molecule has 0 aliphatic carbocycles. The molecule has 0 bridgehead atoms. The molecule has 4 rings (SSSR count). The fourth-order valence-corrected chi connectivity index (χ4v) is 4.96. The molecular formula is C25H27N3O3S. The van der Waals surface area contributed by atoms with Crippen molar-refractivity contribution >= 4 is 27.4 Å². The van der Waals surface area contributed by atoms with Gasteiger partial charge >= 0.3 is 6.03 Å². The highest BCUT2D eigenvalue weighted by molar-refractivity contribution is 7.92. The Kier molecular flexibility index (Phi) is 6.19. The fraction of sp³-hybridized carbons (Fsp3) is 0.240. The topological polar surface area (TPSA) is 69.7 Å². The number of benzene rings is 3. The zero-order chi connectivity index (χ0) is 22.7. The van der Waals surface area contributed by atoms with Gasteiger partial charge in [0.15, 0.2) is 0 Å². The van der Waals surface area contributed by atoms with Crippen molar-refractivity contribution in [2.24, 2.45) is 0 Å². The van der Waals surface area contributed by atoms with Gasteiger partial charge in [0.2, 0.25) is 0 Å². The molecule has 1 aliphatic heterocycles. The number of rotatable bonds is 6. The van der Waals surface area contributed by atoms with Gasteiger partial charge in [-0.15, -0.1) is 0 Å². The number of aryl methyl sites for hydroxylation is 1. The molecule has 0 saturated carbocycles. The Morgan fingerprint density at radius 2 is 1.53 bits per heavy atom. The lowest BCUT2D eigenvalue weighted by atomic mass is 10.1. The average Bonchev–Trinajstić information content (AvgIpc) is 2.80. The summed E-state index contributed by atoms with van der Waals surface area (Å²) in [6, 6.07) is 23.6. The summed E-state index contributed by atoms with van der Waals surface area (Å²) in [5.41, 5.74) is 3.30. The summed E-state index contributed by atoms with van der Waals surface area (Å²) in [5, 5.41) is 0. The van der Waals surface area contributed by atoms with E-state index in [-0.39, 0.29) is 17.0 Å². The highest BCUT2D eigenvalue weighted by Gasteiger charge is 2.30. The van der Waals surface area contributed by atoms with E-state index in [0.29, 0.717) is 18.8 Å². The fourth-order valence-electron chi connectivity index (χ4n) is 3.90. The Balaban J connectivity index is 1.48. The molecule has 7 heteroatoms. The van der Waals surface area contributed by atoms with Crippen LogP contribution >= 0.6 is 0 Å². The van der Waals surface area contributed by atoms with Crippen LogP contribution in [0.3, 0.4) is 0 Å². The van der Waals surface area contributed by atoms with Crippen molar-refractivity contribution in [3.05, 3.63) is 90.0 Å². The third-order valence-corrected chi connectivity index (χ3v) is 7.17. The highest BCUT2D eigenvalue weighted by Crippen LogP contribution is 2.28. The molecule has 0 aromatic heterocycles. The highest BCUT2D eigenvalue weighted by atomic mass is 32.2. The maximum absolute atomic E-state index is 13.2. The molecule has 0 spiro atoms. The third kappa shape index (κ3) is 4.62. The largest absolute Gasteiger partial charge is 0.324 e. The van der Waals surface area contributed by atoms with E-state index in [1.165, 1.54) is 0 Å². The molecule has 6 nitrogen and oxygen atoms in total. The number of hydrogen-bond acceptors (Lipinski definition) is 3. The van der Waals surface area contributed by atoms with E-state index >= 15 is 0 Å². The molecule has 1 heterocycles. The van der Waals surface area contributed by atoms with Crippen LogP contribution < -0.4 is 9.62 Å². The van der Waals surface area contributed by atoms with Crippen molar-refractivity contribution < 1.29 is 13.2 Å². The number of anilines is 2. The van der Waals surface area contributed by atoms with Gasteiger partial charge in [-0.3, -0.25) is 9.62 Å². The standard InChI is InChI=1S/C25H27N3O3S/c1-19-9-15-24(16-10-19)32(30,31)26-22-11-13-23(14-12-22)28-18-6-17-27(25(28)29)20(2)21-7-4-3-5-8-21/h3-5,7-16,20,26H,6,17-18H2,1-2H3/t20-/m0/s1. The molecule has 1 N–H and O–H groups in total. The van der Waals surface area contributed by atoms with E-state index < -0.39 is 10.0 Å². The Morgan fingerprint density at radius 1 is 0.875 bits per heavy atom. The smallest absolute Gasteiger partial charge is 0.318 e. The summed E-state index contributed by atoms with van der Waals surface area (Å²) in [5.74, 6) is 0. The van der Waals surface area contributed by atoms with Gasteiger partial charge in [-0.25, -0.2) is 13.2 Å². The van der Waals surface area contributed by atoms with Crippen LogP contribution in [0.5, 0.6) is 0 Å². The Labute approximate surface area is 189 Å². The third-order valence-electron chi connectivity index (χ3n) is 5.77. The van der Waals surface area contributed by atoms with Gasteiger partial charge in [0, 0.05) is 24.5 Å². The predicted molar refractivity (Wildman–Crippen MR) is 127 cm³/mol. The SMILES string of the molecule is Cc1ccc(S(=O)(=O)Nc2ccc(N3CCCN([C@@H](C)c4ccccc4)C3=O)cc2)cc1. The minimum atomic E-state index is -3.67. The van der Waals surface area contributed by atoms with Crippen LogP contribution in [-0.4, -0.2) is 32.4 Å². The van der Waals surface area contributed by atoms with Crippen LogP contribution in [-0.2, 0) is 10.0 Å². The van der Waals surface area contributed by atoms with Crippen molar-refractivity contribution in [2.45, 2.75) is 31.2 Å². The maximum Gasteiger partial charge on any atom is 0.324 e. The van der Waals surface area contributed by atoms with Crippen LogP contribution in [0.15, 0.2) is 83.8 Å². The first kappa shape index (κ1) is 21.9. The molecular weight excluding hydrogens is 422 g/mol. The first-order valence-electron chi connectivity index (χ1n) is 10.7. The number of nitrogens with one attached hydrogen (secondary N) is 1. The number of carbonyl (C=O) groups excluding carboxylic acids is 1. The molecule has 166 valence electrons. The van der Waals surface area contributed by atoms with Crippen LogP contribution in [0, 0.1) is 6.92 Å². The molecule has 32 heavy (non-hydrogen) atoms. The Bertz CT molecular complexity index is 1180. The van der Waals surface area contributed by atoms with Gasteiger partial charge in [0.1, 0.15) is 0 Å². The van der Waals surface area contributed by atoms with Crippen molar-refractivity contribution in [3.8, 4) is 0 Å². The molecule has 3 aromatic rings. The van der Waals surface area contributed by atoms with Crippen LogP contribution in [0.1, 0.15) is 30.5 Å². The van der Waals surface area contributed by atoms with Crippen molar-refractivity contribution in [3.63, 3.8) is 0 Å². The van der Waals surface area contributed by atoms with Gasteiger partial charge in [-0.2, -0.15) is 0 Å². The lowest BCUT2D eigenvalue weighted by Crippen LogP contribution is -2.50. The predicted octanol–water partition coefficient (Wildman–Crippen LogP) is 5.19. The lowest BCUT2D eigenvalue weighted by Gasteiger charge is -2.39. The van der Waals surface area contributed by atoms with Crippen LogP contribution in [0.25, 0.3) is 0 Å². The second-order valence-corrected chi connectivity index (χ2v) is 9.72. The number of amides is 2. The summed E-state index contributed by atoms with van der Waals surface area (Å²) in [7, 11) is -3.67. The molecule has 0 unspecified atom stereocenters. The van der Waals surface area contributed by atoms with Crippen LogP contribution in [0.4, 0.5) is 16.2 Å². The van der Waals surface area contributed by atoms with Crippen molar-refractivity contribution in [1.82, 2.24) is 4.90 Å². The quantitative estimate of drug-likeness (QED) is 0.563. The van der Waals surface area contributed by atoms with Gasteiger partial charge in [-0.1, -0.05) is 48.0 Å². The first-order chi connectivity index (χ1) is 15.3. The van der Waals surface area contributed by atoms with E-state index in [1.807, 2.05) is 49.1 Å². The van der Waals surface area contributed by atoms with E-state index in [9.17, 15) is 13.2 Å². The second kappa shape index (κ2) is 9.04. The molecule has 1 atom stereocenters. The summed E-state index contributed by atoms with van der Waals surface area (Å²) in [6.45, 7) is 5.29. The minimum Gasteiger partial charge on any atom is -0.318 e. The van der Waals surface area contributed by atoms with E-state index in [0.717, 1.165) is 23.2 Å². The zero-order valence-corrected chi connectivity index (χ0v) is 19.0. The maximum atomic E-state index is 13.2. The summed E-state index contributed by atoms with van der Waals surface area (Å²) < 4.78 is 27.8. The second-order valence-electron chi connectivity index (χ2n) is 8.03. The van der Waals surface area contributed by atoms with E-state index in [1.54, 1.807) is 53.4 Å². The number of carbonyl (C=O) groups is 1. The molecule has 2 amide bonds. The minimum absolute atomic E-state index is 0.0212. The number of sulfonamides is 1. The summed E-state index contributed by atoms with van der Waals surface area (Å²) in [4.78, 5) is 17.1. The van der Waals surface area contributed by atoms with Gasteiger partial charge in [0.25, 0.3) is 10.0 Å². The Hall–Kier alpha value is -3.32. The molecule has 1 fully saturated rings. The number of hydrogen-bond donors (Lipinski definition) is 1. The van der Waals surface area contributed by atoms with Gasteiger partial charge < -0.3 is 4.90 Å². The molecule has 1 saturated heterocycles. The van der Waals surface area contributed by atoms with Crippen LogP contribution in [0.2, 0.25) is 0 Å². The number of nitrogens with zero attached hydrogens (tertiary/aromatic N) is 2. The lowest BCUT2D eigenvalue weighted by molar-refractivity contribution is 0.175. The van der Waals surface area contributed by atoms with Gasteiger partial charge in [-0.05, 0) is 62.2 Å². The normalized spacial score (nSPS) is 15.5. The number of urea groups is 1. The monoisotopic (exact) mass is 449 g/mol. The molecule has 0 radical (unpaired) electrons. The average molecular weight is 450 g/mol. The van der Waals surface area contributed by atoms with E-state index in [2.05, 4.69) is 4.72 Å². The molecule has 3 aromatic carbocycles. The van der Waals surface area contributed by atoms with Gasteiger partial charge in [0.05, 0.1) is 10.9 Å².